The number of hydrogen-bond donors (Lipinski definition) is 4. The van der Waals surface area contributed by atoms with Crippen LogP contribution in [0.5, 0.6) is 0 Å². The monoisotopic (exact) mass is 747 g/mol. The summed E-state index contributed by atoms with van der Waals surface area (Å²) in [6.07, 6.45) is 5.02. The topological polar surface area (TPSA) is 118 Å². The number of para-hydroxylation sites is 1. The number of benzene rings is 6. The molecule has 0 saturated carbocycles. The number of anilines is 2. The molecule has 0 aromatic heterocycles. The fraction of sp³-hybridized carbons (Fsp3) is 0.0667. The molecular weight excluding hydrogens is 715 g/mol. The molecule has 10 rings (SSSR count). The van der Waals surface area contributed by atoms with Crippen LogP contribution in [0.1, 0.15) is 56.3 Å². The Morgan fingerprint density at radius 1 is 0.556 bits per heavy atom. The van der Waals surface area contributed by atoms with Crippen LogP contribution >= 0.6 is 21.2 Å². The Morgan fingerprint density at radius 2 is 1.06 bits per heavy atom. The van der Waals surface area contributed by atoms with Gasteiger partial charge < -0.3 is 4.90 Å². The van der Waals surface area contributed by atoms with Gasteiger partial charge in [0.2, 0.25) is 0 Å². The molecule has 0 saturated heterocycles. The SMILES string of the molecule is CC12CC=C(c3ccc4c(c3)C(=O)c3ccccc3S4(O)O)C=C1N(c1ccccc1)c1cc(-c3ccc4c(c3)C(=O)c3ccccc3S4(O)O)ccc12. The van der Waals surface area contributed by atoms with Crippen molar-refractivity contribution in [2.24, 2.45) is 0 Å². The summed E-state index contributed by atoms with van der Waals surface area (Å²) in [5.74, 6) is -0.464. The van der Waals surface area contributed by atoms with Crippen molar-refractivity contribution in [3.05, 3.63) is 185 Å². The van der Waals surface area contributed by atoms with Crippen molar-refractivity contribution in [3.8, 4) is 11.1 Å². The van der Waals surface area contributed by atoms with Gasteiger partial charge in [0.1, 0.15) is 0 Å². The first-order valence-corrected chi connectivity index (χ1v) is 20.6. The summed E-state index contributed by atoms with van der Waals surface area (Å²) in [6, 6.07) is 40.4. The number of ketones is 2. The second-order valence-electron chi connectivity index (χ2n) is 14.3. The molecule has 4 aliphatic rings. The van der Waals surface area contributed by atoms with E-state index in [0.29, 0.717) is 23.1 Å². The highest BCUT2D eigenvalue weighted by molar-refractivity contribution is 8.24. The highest BCUT2D eigenvalue weighted by atomic mass is 32.3. The maximum Gasteiger partial charge on any atom is 0.196 e. The summed E-state index contributed by atoms with van der Waals surface area (Å²) >= 11 is 0. The predicted molar refractivity (Wildman–Crippen MR) is 213 cm³/mol. The summed E-state index contributed by atoms with van der Waals surface area (Å²) in [4.78, 5) is 30.6. The van der Waals surface area contributed by atoms with Crippen molar-refractivity contribution in [1.82, 2.24) is 0 Å². The van der Waals surface area contributed by atoms with Crippen LogP contribution in [0.2, 0.25) is 0 Å². The fourth-order valence-corrected chi connectivity index (χ4v) is 11.9. The summed E-state index contributed by atoms with van der Waals surface area (Å²) in [7, 11) is -6.70. The highest BCUT2D eigenvalue weighted by Crippen LogP contribution is 2.63. The van der Waals surface area contributed by atoms with Crippen molar-refractivity contribution >= 4 is 49.7 Å². The lowest BCUT2D eigenvalue weighted by Crippen LogP contribution is -2.27. The lowest BCUT2D eigenvalue weighted by Gasteiger charge is -2.38. The zero-order valence-corrected chi connectivity index (χ0v) is 30.6. The van der Waals surface area contributed by atoms with E-state index in [0.717, 1.165) is 44.9 Å². The quantitative estimate of drug-likeness (QED) is 0.142. The first-order chi connectivity index (χ1) is 26.0. The number of carbonyl (C=O) groups is 2. The van der Waals surface area contributed by atoms with Gasteiger partial charge in [-0.05, 0) is 114 Å². The molecule has 0 radical (unpaired) electrons. The van der Waals surface area contributed by atoms with E-state index in [2.05, 4.69) is 54.3 Å². The van der Waals surface area contributed by atoms with E-state index in [1.807, 2.05) is 30.3 Å². The summed E-state index contributed by atoms with van der Waals surface area (Å²) in [5.41, 5.74) is 8.37. The Bertz CT molecular complexity index is 2720. The number of fused-ring (bicyclic) bond motifs is 7. The third-order valence-corrected chi connectivity index (χ3v) is 15.2. The van der Waals surface area contributed by atoms with Crippen LogP contribution in [0.15, 0.2) is 171 Å². The van der Waals surface area contributed by atoms with E-state index in [1.54, 1.807) is 72.8 Å². The van der Waals surface area contributed by atoms with Crippen molar-refractivity contribution in [3.63, 3.8) is 0 Å². The van der Waals surface area contributed by atoms with Gasteiger partial charge >= 0.3 is 0 Å². The number of hydrogen-bond acceptors (Lipinski definition) is 7. The van der Waals surface area contributed by atoms with Gasteiger partial charge in [0, 0.05) is 39.1 Å². The van der Waals surface area contributed by atoms with Crippen molar-refractivity contribution < 1.29 is 27.8 Å². The molecule has 1 aliphatic carbocycles. The molecule has 3 heterocycles. The van der Waals surface area contributed by atoms with Gasteiger partial charge in [-0.15, -0.1) is 21.2 Å². The molecular formula is C45H33NO6S2. The minimum absolute atomic E-state index is 0.229. The van der Waals surface area contributed by atoms with Crippen LogP contribution < -0.4 is 4.90 Å². The molecule has 0 amide bonds. The number of carbonyl (C=O) groups excluding carboxylic acids is 2. The van der Waals surface area contributed by atoms with Crippen LogP contribution in [-0.2, 0) is 5.41 Å². The van der Waals surface area contributed by atoms with E-state index < -0.39 is 26.6 Å². The zero-order valence-electron chi connectivity index (χ0n) is 28.9. The first kappa shape index (κ1) is 33.1. The van der Waals surface area contributed by atoms with Crippen molar-refractivity contribution in [2.45, 2.75) is 38.3 Å². The van der Waals surface area contributed by atoms with Crippen LogP contribution in [0, 0.1) is 0 Å². The first-order valence-electron chi connectivity index (χ1n) is 17.5. The normalized spacial score (nSPS) is 20.9. The van der Waals surface area contributed by atoms with Crippen molar-refractivity contribution in [2.75, 3.05) is 4.90 Å². The Labute approximate surface area is 315 Å². The minimum atomic E-state index is -3.35. The molecule has 6 aromatic rings. The third kappa shape index (κ3) is 4.54. The van der Waals surface area contributed by atoms with E-state index in [9.17, 15) is 27.8 Å². The molecule has 7 nitrogen and oxygen atoms in total. The van der Waals surface area contributed by atoms with Gasteiger partial charge in [-0.1, -0.05) is 72.8 Å². The predicted octanol–water partition coefficient (Wildman–Crippen LogP) is 11.6. The molecule has 54 heavy (non-hydrogen) atoms. The van der Waals surface area contributed by atoms with Gasteiger partial charge in [0.15, 0.2) is 11.6 Å². The minimum Gasteiger partial charge on any atom is -0.313 e. The van der Waals surface area contributed by atoms with Gasteiger partial charge in [0.25, 0.3) is 0 Å². The molecule has 0 bridgehead atoms. The number of allylic oxidation sites excluding steroid dienone is 4. The second-order valence-corrected chi connectivity index (χ2v) is 18.3. The number of nitrogens with zero attached hydrogens (tertiary/aromatic N) is 1. The molecule has 6 aromatic carbocycles. The molecule has 9 heteroatoms. The molecule has 0 spiro atoms. The standard InChI is InChI=1S/C45H33NO6S2/c1-45-22-21-30(28-17-20-41-35(24-28)44(48)33-12-6-8-14-39(33)54(41,51)52)26-42(45)46(31-9-3-2-4-10-31)37-25-29(15-18-36(37)45)27-16-19-40-34(23-27)43(47)32-11-5-7-13-38(32)53(40,49)50/h2-21,23-26,49-52H,22H2,1H3. The van der Waals surface area contributed by atoms with E-state index in [-0.39, 0.29) is 36.7 Å². The molecule has 0 fully saturated rings. The van der Waals surface area contributed by atoms with Crippen LogP contribution in [0.25, 0.3) is 16.7 Å². The van der Waals surface area contributed by atoms with E-state index in [1.165, 1.54) is 0 Å². The molecule has 1 atom stereocenters. The number of rotatable bonds is 3. The molecule has 1 unspecified atom stereocenters. The summed E-state index contributed by atoms with van der Waals surface area (Å²) in [6.45, 7) is 2.23. The van der Waals surface area contributed by atoms with Crippen LogP contribution in [-0.4, -0.2) is 29.8 Å². The third-order valence-electron chi connectivity index (χ3n) is 11.3. The molecule has 266 valence electrons. The summed E-state index contributed by atoms with van der Waals surface area (Å²) in [5, 5.41) is 0. The van der Waals surface area contributed by atoms with Crippen molar-refractivity contribution in [1.29, 1.82) is 0 Å². The second kappa shape index (κ2) is 11.5. The van der Waals surface area contributed by atoms with Gasteiger partial charge in [-0.3, -0.25) is 27.8 Å². The Kier molecular flexibility index (Phi) is 7.04. The maximum atomic E-state index is 13.7. The maximum absolute atomic E-state index is 13.7. The lowest BCUT2D eigenvalue weighted by atomic mass is 9.74. The Hall–Kier alpha value is -5.52. The molecule has 3 aliphatic heterocycles. The van der Waals surface area contributed by atoms with Crippen LogP contribution in [0.4, 0.5) is 11.4 Å². The van der Waals surface area contributed by atoms with E-state index in [4.69, 9.17) is 0 Å². The van der Waals surface area contributed by atoms with Gasteiger partial charge in [-0.25, -0.2) is 0 Å². The molecule has 4 N–H and O–H groups in total. The largest absolute Gasteiger partial charge is 0.313 e. The lowest BCUT2D eigenvalue weighted by molar-refractivity contribution is 0.102. The van der Waals surface area contributed by atoms with E-state index >= 15 is 0 Å². The fourth-order valence-electron chi connectivity index (χ4n) is 8.49. The average molecular weight is 748 g/mol. The van der Waals surface area contributed by atoms with Crippen LogP contribution in [0.3, 0.4) is 0 Å². The Balaban J connectivity index is 1.07. The van der Waals surface area contributed by atoms with Gasteiger partial charge in [0.05, 0.1) is 25.3 Å². The Morgan fingerprint density at radius 3 is 1.69 bits per heavy atom. The average Bonchev–Trinajstić information content (AvgIpc) is 3.46. The smallest absolute Gasteiger partial charge is 0.196 e. The highest BCUT2D eigenvalue weighted by Gasteiger charge is 2.46. The van der Waals surface area contributed by atoms with Gasteiger partial charge in [-0.2, -0.15) is 0 Å². The zero-order chi connectivity index (χ0) is 37.1. The summed E-state index contributed by atoms with van der Waals surface area (Å²) < 4.78 is 45.1.